The molecule has 2 aromatic carbocycles. The second kappa shape index (κ2) is 8.34. The Balaban J connectivity index is 1.85. The number of anilines is 1. The molecule has 1 saturated heterocycles. The van der Waals surface area contributed by atoms with E-state index < -0.39 is 24.1 Å². The molecule has 1 aliphatic heterocycles. The molecule has 1 fully saturated rings. The van der Waals surface area contributed by atoms with E-state index in [-0.39, 0.29) is 18.4 Å². The fraction of sp³-hybridized carbons (Fsp3) is 0.318. The molecular formula is C22H25N3O4. The molecule has 2 aromatic rings. The van der Waals surface area contributed by atoms with Crippen molar-refractivity contribution in [2.75, 3.05) is 5.32 Å². The van der Waals surface area contributed by atoms with Gasteiger partial charge in [-0.1, -0.05) is 55.8 Å². The molecule has 2 unspecified atom stereocenters. The van der Waals surface area contributed by atoms with Gasteiger partial charge in [-0.15, -0.1) is 0 Å². The van der Waals surface area contributed by atoms with Crippen LogP contribution >= 0.6 is 0 Å². The van der Waals surface area contributed by atoms with E-state index in [4.69, 9.17) is 10.5 Å². The molecular weight excluding hydrogens is 370 g/mol. The van der Waals surface area contributed by atoms with Gasteiger partial charge in [-0.2, -0.15) is 0 Å². The van der Waals surface area contributed by atoms with Crippen LogP contribution in [0.5, 0.6) is 0 Å². The molecule has 0 radical (unpaired) electrons. The summed E-state index contributed by atoms with van der Waals surface area (Å²) >= 11 is 0. The average Bonchev–Trinajstić information content (AvgIpc) is 3.00. The number of ether oxygens (including phenoxy) is 1. The van der Waals surface area contributed by atoms with Gasteiger partial charge in [-0.25, -0.2) is 4.79 Å². The fourth-order valence-corrected chi connectivity index (χ4v) is 3.20. The van der Waals surface area contributed by atoms with Crippen molar-refractivity contribution in [2.45, 2.75) is 39.5 Å². The number of primary amides is 1. The predicted molar refractivity (Wildman–Crippen MR) is 109 cm³/mol. The SMILES string of the molecule is Cc1ccc(CN2C(=O)OC(c3cccc(NC(=O)C(C)C)c3)C2C(N)=O)cc1. The first kappa shape index (κ1) is 20.4. The van der Waals surface area contributed by atoms with Crippen LogP contribution in [0.2, 0.25) is 0 Å². The minimum absolute atomic E-state index is 0.127. The molecule has 1 heterocycles. The highest BCUT2D eigenvalue weighted by Gasteiger charge is 2.46. The highest BCUT2D eigenvalue weighted by atomic mass is 16.6. The summed E-state index contributed by atoms with van der Waals surface area (Å²) in [5, 5.41) is 2.81. The summed E-state index contributed by atoms with van der Waals surface area (Å²) < 4.78 is 5.51. The molecule has 1 aliphatic rings. The maximum absolute atomic E-state index is 12.5. The highest BCUT2D eigenvalue weighted by molar-refractivity contribution is 5.92. The van der Waals surface area contributed by atoms with E-state index >= 15 is 0 Å². The molecule has 29 heavy (non-hydrogen) atoms. The molecule has 2 atom stereocenters. The van der Waals surface area contributed by atoms with E-state index in [0.717, 1.165) is 11.1 Å². The number of nitrogens with one attached hydrogen (secondary N) is 1. The fourth-order valence-electron chi connectivity index (χ4n) is 3.20. The largest absolute Gasteiger partial charge is 0.438 e. The number of carbonyl (C=O) groups is 3. The monoisotopic (exact) mass is 395 g/mol. The van der Waals surface area contributed by atoms with Crippen LogP contribution in [0.3, 0.4) is 0 Å². The lowest BCUT2D eigenvalue weighted by molar-refractivity contribution is -0.123. The minimum Gasteiger partial charge on any atom is -0.438 e. The molecule has 3 rings (SSSR count). The summed E-state index contributed by atoms with van der Waals surface area (Å²) in [6.07, 6.45) is -1.45. The normalized spacial score (nSPS) is 18.6. The third-order valence-corrected chi connectivity index (χ3v) is 4.86. The first-order valence-corrected chi connectivity index (χ1v) is 9.49. The summed E-state index contributed by atoms with van der Waals surface area (Å²) in [7, 11) is 0. The van der Waals surface area contributed by atoms with Gasteiger partial charge in [0, 0.05) is 11.6 Å². The van der Waals surface area contributed by atoms with Gasteiger partial charge >= 0.3 is 6.09 Å². The van der Waals surface area contributed by atoms with Gasteiger partial charge in [-0.05, 0) is 30.2 Å². The van der Waals surface area contributed by atoms with E-state index in [1.807, 2.05) is 31.2 Å². The zero-order chi connectivity index (χ0) is 21.1. The highest BCUT2D eigenvalue weighted by Crippen LogP contribution is 2.34. The lowest BCUT2D eigenvalue weighted by Gasteiger charge is -2.22. The maximum atomic E-state index is 12.5. The number of aryl methyl sites for hydroxylation is 1. The molecule has 7 nitrogen and oxygen atoms in total. The van der Waals surface area contributed by atoms with Crippen LogP contribution in [0.4, 0.5) is 10.5 Å². The number of amides is 3. The Labute approximate surface area is 169 Å². The Morgan fingerprint density at radius 3 is 2.48 bits per heavy atom. The van der Waals surface area contributed by atoms with Gasteiger partial charge in [-0.3, -0.25) is 14.5 Å². The number of carbonyl (C=O) groups excluding carboxylic acids is 3. The Morgan fingerprint density at radius 2 is 1.86 bits per heavy atom. The zero-order valence-electron chi connectivity index (χ0n) is 16.7. The smallest absolute Gasteiger partial charge is 0.411 e. The molecule has 152 valence electrons. The molecule has 0 spiro atoms. The first-order chi connectivity index (χ1) is 13.8. The first-order valence-electron chi connectivity index (χ1n) is 9.49. The third kappa shape index (κ3) is 4.56. The summed E-state index contributed by atoms with van der Waals surface area (Å²) in [6, 6.07) is 13.6. The van der Waals surface area contributed by atoms with Crippen LogP contribution in [0.1, 0.15) is 36.6 Å². The van der Waals surface area contributed by atoms with E-state index in [9.17, 15) is 14.4 Å². The van der Waals surface area contributed by atoms with Crippen molar-refractivity contribution in [3.05, 3.63) is 65.2 Å². The van der Waals surface area contributed by atoms with E-state index in [1.54, 1.807) is 38.1 Å². The average molecular weight is 395 g/mol. The van der Waals surface area contributed by atoms with E-state index in [0.29, 0.717) is 11.3 Å². The molecule has 3 N–H and O–H groups in total. The van der Waals surface area contributed by atoms with Crippen LogP contribution in [0, 0.1) is 12.8 Å². The Hall–Kier alpha value is -3.35. The van der Waals surface area contributed by atoms with Crippen molar-refractivity contribution >= 4 is 23.6 Å². The van der Waals surface area contributed by atoms with Crippen molar-refractivity contribution in [3.63, 3.8) is 0 Å². The number of cyclic esters (lactones) is 1. The topological polar surface area (TPSA) is 102 Å². The van der Waals surface area contributed by atoms with Crippen LogP contribution in [0.15, 0.2) is 48.5 Å². The minimum atomic E-state index is -0.945. The molecule has 3 amide bonds. The van der Waals surface area contributed by atoms with Gasteiger partial charge in [0.05, 0.1) is 6.54 Å². The second-order valence-electron chi connectivity index (χ2n) is 7.53. The summed E-state index contributed by atoms with van der Waals surface area (Å²) in [5.41, 5.74) is 8.76. The number of nitrogens with two attached hydrogens (primary N) is 1. The zero-order valence-corrected chi connectivity index (χ0v) is 16.7. The van der Waals surface area contributed by atoms with Gasteiger partial charge in [0.25, 0.3) is 0 Å². The number of hydrogen-bond donors (Lipinski definition) is 2. The summed E-state index contributed by atoms with van der Waals surface area (Å²) in [5.74, 6) is -0.950. The van der Waals surface area contributed by atoms with Crippen LogP contribution in [0.25, 0.3) is 0 Å². The van der Waals surface area contributed by atoms with E-state index in [2.05, 4.69) is 5.32 Å². The number of hydrogen-bond acceptors (Lipinski definition) is 4. The van der Waals surface area contributed by atoms with Gasteiger partial charge in [0.15, 0.2) is 12.1 Å². The molecule has 0 aromatic heterocycles. The molecule has 7 heteroatoms. The van der Waals surface area contributed by atoms with Crippen molar-refractivity contribution in [1.82, 2.24) is 4.90 Å². The van der Waals surface area contributed by atoms with Crippen molar-refractivity contribution in [2.24, 2.45) is 11.7 Å². The standard InChI is InChI=1S/C22H25N3O4/c1-13(2)21(27)24-17-6-4-5-16(11-17)19-18(20(23)26)25(22(28)29-19)12-15-9-7-14(3)8-10-15/h4-11,13,18-19H,12H2,1-3H3,(H2,23,26)(H,24,27). The lowest BCUT2D eigenvalue weighted by Crippen LogP contribution is -2.43. The number of nitrogens with zero attached hydrogens (tertiary/aromatic N) is 1. The van der Waals surface area contributed by atoms with Crippen LogP contribution < -0.4 is 11.1 Å². The van der Waals surface area contributed by atoms with Crippen molar-refractivity contribution in [3.8, 4) is 0 Å². The molecule has 0 bridgehead atoms. The van der Waals surface area contributed by atoms with Gasteiger partial charge in [0.1, 0.15) is 0 Å². The summed E-state index contributed by atoms with van der Waals surface area (Å²) in [6.45, 7) is 5.78. The Bertz CT molecular complexity index is 924. The Kier molecular flexibility index (Phi) is 5.87. The maximum Gasteiger partial charge on any atom is 0.411 e. The summed E-state index contributed by atoms with van der Waals surface area (Å²) in [4.78, 5) is 38.1. The Morgan fingerprint density at radius 1 is 1.17 bits per heavy atom. The molecule has 0 saturated carbocycles. The van der Waals surface area contributed by atoms with Gasteiger partial charge in [0.2, 0.25) is 11.8 Å². The lowest BCUT2D eigenvalue weighted by atomic mass is 10.00. The molecule has 0 aliphatic carbocycles. The van der Waals surface area contributed by atoms with Crippen LogP contribution in [-0.2, 0) is 20.9 Å². The van der Waals surface area contributed by atoms with Crippen molar-refractivity contribution < 1.29 is 19.1 Å². The number of rotatable bonds is 6. The van der Waals surface area contributed by atoms with Crippen LogP contribution in [-0.4, -0.2) is 28.8 Å². The number of benzene rings is 2. The van der Waals surface area contributed by atoms with Gasteiger partial charge < -0.3 is 15.8 Å². The third-order valence-electron chi connectivity index (χ3n) is 4.86. The van der Waals surface area contributed by atoms with Crippen molar-refractivity contribution in [1.29, 1.82) is 0 Å². The second-order valence-corrected chi connectivity index (χ2v) is 7.53. The van der Waals surface area contributed by atoms with E-state index in [1.165, 1.54) is 4.90 Å². The quantitative estimate of drug-likeness (QED) is 0.784. The predicted octanol–water partition coefficient (Wildman–Crippen LogP) is 3.14.